The fraction of sp³-hybridized carbons (Fsp3) is 0.588. The molecule has 0 N–H and O–H groups in total. The van der Waals surface area contributed by atoms with Gasteiger partial charge in [-0.1, -0.05) is 45.0 Å². The van der Waals surface area contributed by atoms with Crippen LogP contribution in [0, 0.1) is 10.8 Å². The van der Waals surface area contributed by atoms with Gasteiger partial charge in [0.05, 0.1) is 5.41 Å². The van der Waals surface area contributed by atoms with Crippen LogP contribution in [-0.2, 0) is 16.0 Å². The Hall–Kier alpha value is -1.31. The van der Waals surface area contributed by atoms with Crippen LogP contribution in [0.15, 0.2) is 24.3 Å². The van der Waals surface area contributed by atoms with Crippen molar-refractivity contribution in [1.29, 1.82) is 0 Å². The Morgan fingerprint density at radius 2 is 2.00 bits per heavy atom. The highest BCUT2D eigenvalue weighted by Crippen LogP contribution is 2.48. The Labute approximate surface area is 116 Å². The van der Waals surface area contributed by atoms with Crippen LogP contribution < -0.4 is 0 Å². The van der Waals surface area contributed by atoms with Crippen molar-refractivity contribution in [2.45, 2.75) is 53.6 Å². The number of carbonyl (C=O) groups excluding carboxylic acids is 1. The van der Waals surface area contributed by atoms with Crippen molar-refractivity contribution in [3.05, 3.63) is 35.4 Å². The van der Waals surface area contributed by atoms with E-state index >= 15 is 0 Å². The first-order valence-corrected chi connectivity index (χ1v) is 7.07. The zero-order valence-electron chi connectivity index (χ0n) is 12.6. The van der Waals surface area contributed by atoms with Crippen molar-refractivity contribution >= 4 is 5.97 Å². The Balaban J connectivity index is 2.27. The third-order valence-electron chi connectivity index (χ3n) is 4.35. The molecule has 0 radical (unpaired) electrons. The van der Waals surface area contributed by atoms with Crippen LogP contribution in [0.25, 0.3) is 0 Å². The minimum absolute atomic E-state index is 0.0246. The van der Waals surface area contributed by atoms with E-state index in [1.807, 2.05) is 26.8 Å². The monoisotopic (exact) mass is 260 g/mol. The van der Waals surface area contributed by atoms with Gasteiger partial charge in [-0.15, -0.1) is 0 Å². The fourth-order valence-electron chi connectivity index (χ4n) is 2.59. The van der Waals surface area contributed by atoms with Crippen molar-refractivity contribution in [2.75, 3.05) is 0 Å². The minimum atomic E-state index is -0.409. The molecule has 0 saturated carbocycles. The van der Waals surface area contributed by atoms with Gasteiger partial charge in [-0.2, -0.15) is 0 Å². The number of hydrogen-bond donors (Lipinski definition) is 0. The van der Waals surface area contributed by atoms with E-state index in [9.17, 15) is 4.79 Å². The maximum absolute atomic E-state index is 12.3. The smallest absolute Gasteiger partial charge is 0.312 e. The third-order valence-corrected chi connectivity index (χ3v) is 4.35. The molecule has 0 aromatic heterocycles. The first-order chi connectivity index (χ1) is 8.78. The number of benzene rings is 1. The van der Waals surface area contributed by atoms with Gasteiger partial charge in [0.15, 0.2) is 0 Å². The Kier molecular flexibility index (Phi) is 3.46. The molecule has 1 atom stereocenters. The third kappa shape index (κ3) is 2.54. The summed E-state index contributed by atoms with van der Waals surface area (Å²) in [5.74, 6) is -0.0928. The van der Waals surface area contributed by atoms with Crippen LogP contribution >= 0.6 is 0 Å². The molecule has 0 saturated heterocycles. The summed E-state index contributed by atoms with van der Waals surface area (Å²) in [4.78, 5) is 12.3. The maximum atomic E-state index is 12.3. The van der Waals surface area contributed by atoms with E-state index in [2.05, 4.69) is 32.0 Å². The Morgan fingerprint density at radius 1 is 1.37 bits per heavy atom. The number of carbonyl (C=O) groups is 1. The molecule has 2 nitrogen and oxygen atoms in total. The summed E-state index contributed by atoms with van der Waals surface area (Å²) in [5.41, 5.74) is 2.05. The molecule has 19 heavy (non-hydrogen) atoms. The van der Waals surface area contributed by atoms with Gasteiger partial charge in [0, 0.05) is 5.41 Å². The summed E-state index contributed by atoms with van der Waals surface area (Å²) in [6.45, 7) is 10.3. The molecule has 2 heteroatoms. The van der Waals surface area contributed by atoms with Crippen molar-refractivity contribution in [3.63, 3.8) is 0 Å². The summed E-state index contributed by atoms with van der Waals surface area (Å²) in [6.07, 6.45) is 1.64. The zero-order valence-corrected chi connectivity index (χ0v) is 12.6. The molecular weight excluding hydrogens is 236 g/mol. The van der Waals surface area contributed by atoms with E-state index in [0.717, 1.165) is 12.8 Å². The average Bonchev–Trinajstić information content (AvgIpc) is 2.60. The molecule has 1 aliphatic carbocycles. The summed E-state index contributed by atoms with van der Waals surface area (Å²) in [6, 6.07) is 8.29. The lowest BCUT2D eigenvalue weighted by Gasteiger charge is -2.31. The molecule has 1 aliphatic rings. The molecule has 0 spiro atoms. The predicted octanol–water partition coefficient (Wildman–Crippen LogP) is 4.29. The second-order valence-corrected chi connectivity index (χ2v) is 6.89. The highest BCUT2D eigenvalue weighted by Gasteiger charge is 2.43. The minimum Gasteiger partial charge on any atom is -0.456 e. The maximum Gasteiger partial charge on any atom is 0.312 e. The number of ether oxygens (including phenoxy) is 1. The topological polar surface area (TPSA) is 26.3 Å². The number of esters is 1. The molecule has 2 rings (SSSR count). The summed E-state index contributed by atoms with van der Waals surface area (Å²) < 4.78 is 5.87. The normalized spacial score (nSPS) is 21.0. The SMILES string of the molecule is CCC(C)(C)C(=O)OC1c2ccccc2CC1(C)C. The van der Waals surface area contributed by atoms with E-state index in [1.54, 1.807) is 0 Å². The van der Waals surface area contributed by atoms with Crippen LogP contribution in [-0.4, -0.2) is 5.97 Å². The molecule has 0 bridgehead atoms. The van der Waals surface area contributed by atoms with Crippen LogP contribution in [0.4, 0.5) is 0 Å². The molecule has 0 aliphatic heterocycles. The van der Waals surface area contributed by atoms with Gasteiger partial charge in [-0.05, 0) is 37.8 Å². The molecular formula is C17H24O2. The Morgan fingerprint density at radius 3 is 2.63 bits per heavy atom. The molecule has 104 valence electrons. The lowest BCUT2D eigenvalue weighted by molar-refractivity contribution is -0.165. The van der Waals surface area contributed by atoms with Crippen molar-refractivity contribution in [3.8, 4) is 0 Å². The largest absolute Gasteiger partial charge is 0.456 e. The summed E-state index contributed by atoms with van der Waals surface area (Å²) >= 11 is 0. The summed E-state index contributed by atoms with van der Waals surface area (Å²) in [5, 5.41) is 0. The molecule has 0 heterocycles. The van der Waals surface area contributed by atoms with Gasteiger partial charge in [0.1, 0.15) is 6.10 Å². The quantitative estimate of drug-likeness (QED) is 0.758. The fourth-order valence-corrected chi connectivity index (χ4v) is 2.59. The number of fused-ring (bicyclic) bond motifs is 1. The van der Waals surface area contributed by atoms with Crippen molar-refractivity contribution < 1.29 is 9.53 Å². The molecule has 0 fully saturated rings. The van der Waals surface area contributed by atoms with Gasteiger partial charge in [0.25, 0.3) is 0 Å². The molecule has 1 aromatic rings. The second kappa shape index (κ2) is 4.66. The number of rotatable bonds is 3. The molecule has 1 aromatic carbocycles. The highest BCUT2D eigenvalue weighted by atomic mass is 16.5. The summed E-state index contributed by atoms with van der Waals surface area (Å²) in [7, 11) is 0. The van der Waals surface area contributed by atoms with Gasteiger partial charge in [-0.3, -0.25) is 4.79 Å². The average molecular weight is 260 g/mol. The van der Waals surface area contributed by atoms with E-state index < -0.39 is 5.41 Å². The standard InChI is InChI=1S/C17H24O2/c1-6-16(2,3)15(18)19-14-13-10-8-7-9-12(13)11-17(14,4)5/h7-10,14H,6,11H2,1-5H3. The van der Waals surface area contributed by atoms with Crippen LogP contribution in [0.3, 0.4) is 0 Å². The first kappa shape index (κ1) is 14.1. The van der Waals surface area contributed by atoms with E-state index in [-0.39, 0.29) is 17.5 Å². The van der Waals surface area contributed by atoms with E-state index in [1.165, 1.54) is 11.1 Å². The van der Waals surface area contributed by atoms with Gasteiger partial charge in [0.2, 0.25) is 0 Å². The predicted molar refractivity (Wildman–Crippen MR) is 76.8 cm³/mol. The highest BCUT2D eigenvalue weighted by molar-refractivity contribution is 5.76. The van der Waals surface area contributed by atoms with Gasteiger partial charge < -0.3 is 4.74 Å². The van der Waals surface area contributed by atoms with Crippen LogP contribution in [0.1, 0.15) is 58.3 Å². The van der Waals surface area contributed by atoms with Crippen LogP contribution in [0.5, 0.6) is 0 Å². The van der Waals surface area contributed by atoms with E-state index in [0.29, 0.717) is 0 Å². The molecule has 0 amide bonds. The molecule has 1 unspecified atom stereocenters. The number of hydrogen-bond acceptors (Lipinski definition) is 2. The van der Waals surface area contributed by atoms with Crippen molar-refractivity contribution in [2.24, 2.45) is 10.8 Å². The van der Waals surface area contributed by atoms with Crippen LogP contribution in [0.2, 0.25) is 0 Å². The van der Waals surface area contributed by atoms with E-state index in [4.69, 9.17) is 4.74 Å². The zero-order chi connectivity index (χ0) is 14.3. The van der Waals surface area contributed by atoms with Gasteiger partial charge in [-0.25, -0.2) is 0 Å². The second-order valence-electron chi connectivity index (χ2n) is 6.89. The first-order valence-electron chi connectivity index (χ1n) is 7.07. The lowest BCUT2D eigenvalue weighted by Crippen LogP contribution is -2.31. The lowest BCUT2D eigenvalue weighted by atomic mass is 9.86. The van der Waals surface area contributed by atoms with Gasteiger partial charge >= 0.3 is 5.97 Å². The Bertz CT molecular complexity index is 486. The van der Waals surface area contributed by atoms with Crippen molar-refractivity contribution in [1.82, 2.24) is 0 Å².